The van der Waals surface area contributed by atoms with Crippen LogP contribution in [0.25, 0.3) is 22.2 Å². The molecule has 0 spiro atoms. The van der Waals surface area contributed by atoms with E-state index < -0.39 is 0 Å². The van der Waals surface area contributed by atoms with E-state index in [1.54, 1.807) is 6.20 Å². The van der Waals surface area contributed by atoms with Gasteiger partial charge in [0.1, 0.15) is 0 Å². The number of hydrogen-bond donors (Lipinski definition) is 1. The lowest BCUT2D eigenvalue weighted by Gasteiger charge is -2.02. The van der Waals surface area contributed by atoms with Crippen LogP contribution in [0.1, 0.15) is 5.56 Å². The number of aryl methyl sites for hydroxylation is 3. The standard InChI is InChI=1S/C14H16N4/c1-9-5-4-6-10-11(8-17(2)13(9)10)14-12(15)7-16-18(14)3/h4-8H,15H2,1-3H3. The minimum Gasteiger partial charge on any atom is -0.396 e. The SMILES string of the molecule is Cc1cccc2c(-c3c(N)cnn3C)cn(C)c12. The number of fused-ring (bicyclic) bond motifs is 1. The average molecular weight is 240 g/mol. The molecule has 0 bridgehead atoms. The summed E-state index contributed by atoms with van der Waals surface area (Å²) in [6, 6.07) is 6.33. The number of rotatable bonds is 1. The van der Waals surface area contributed by atoms with Crippen LogP contribution in [0.2, 0.25) is 0 Å². The number of nitrogens with two attached hydrogens (primary N) is 1. The molecule has 0 aliphatic rings. The largest absolute Gasteiger partial charge is 0.396 e. The summed E-state index contributed by atoms with van der Waals surface area (Å²) in [6.07, 6.45) is 3.81. The number of nitrogen functional groups attached to an aromatic ring is 1. The highest BCUT2D eigenvalue weighted by molar-refractivity contribution is 5.99. The first-order valence-corrected chi connectivity index (χ1v) is 5.92. The van der Waals surface area contributed by atoms with Crippen LogP contribution >= 0.6 is 0 Å². The molecule has 18 heavy (non-hydrogen) atoms. The van der Waals surface area contributed by atoms with Gasteiger partial charge in [-0.25, -0.2) is 0 Å². The van der Waals surface area contributed by atoms with Gasteiger partial charge in [-0.05, 0) is 12.5 Å². The van der Waals surface area contributed by atoms with E-state index in [2.05, 4.69) is 48.0 Å². The van der Waals surface area contributed by atoms with Crippen molar-refractivity contribution in [3.8, 4) is 11.3 Å². The van der Waals surface area contributed by atoms with E-state index in [9.17, 15) is 0 Å². The van der Waals surface area contributed by atoms with Crippen LogP contribution in [-0.4, -0.2) is 14.3 Å². The van der Waals surface area contributed by atoms with Gasteiger partial charge in [-0.2, -0.15) is 5.10 Å². The molecule has 3 aromatic rings. The molecule has 0 atom stereocenters. The number of nitrogens with zero attached hydrogens (tertiary/aromatic N) is 3. The number of hydrogen-bond acceptors (Lipinski definition) is 2. The lowest BCUT2D eigenvalue weighted by molar-refractivity contribution is 0.776. The van der Waals surface area contributed by atoms with Gasteiger partial charge in [0.25, 0.3) is 0 Å². The second-order valence-electron chi connectivity index (χ2n) is 4.70. The van der Waals surface area contributed by atoms with Gasteiger partial charge < -0.3 is 10.3 Å². The van der Waals surface area contributed by atoms with E-state index in [0.717, 1.165) is 11.3 Å². The molecule has 0 aliphatic carbocycles. The van der Waals surface area contributed by atoms with Crippen molar-refractivity contribution in [2.24, 2.45) is 14.1 Å². The molecule has 2 aromatic heterocycles. The normalized spacial score (nSPS) is 11.3. The zero-order valence-electron chi connectivity index (χ0n) is 10.8. The molecule has 3 rings (SSSR count). The fraction of sp³-hybridized carbons (Fsp3) is 0.214. The highest BCUT2D eigenvalue weighted by Crippen LogP contribution is 2.34. The second kappa shape index (κ2) is 3.63. The van der Waals surface area contributed by atoms with E-state index in [1.165, 1.54) is 16.5 Å². The van der Waals surface area contributed by atoms with Crippen LogP contribution in [0.5, 0.6) is 0 Å². The molecule has 1 aromatic carbocycles. The molecular formula is C14H16N4. The van der Waals surface area contributed by atoms with Gasteiger partial charge in [0, 0.05) is 31.2 Å². The highest BCUT2D eigenvalue weighted by atomic mass is 15.3. The van der Waals surface area contributed by atoms with Crippen LogP contribution in [0, 0.1) is 6.92 Å². The topological polar surface area (TPSA) is 48.8 Å². The van der Waals surface area contributed by atoms with Crippen molar-refractivity contribution in [2.75, 3.05) is 5.73 Å². The lowest BCUT2D eigenvalue weighted by Crippen LogP contribution is -1.95. The number of aromatic nitrogens is 3. The van der Waals surface area contributed by atoms with Gasteiger partial charge in [-0.1, -0.05) is 18.2 Å². The molecule has 0 saturated carbocycles. The van der Waals surface area contributed by atoms with Crippen LogP contribution in [0.4, 0.5) is 5.69 Å². The van der Waals surface area contributed by atoms with Crippen molar-refractivity contribution >= 4 is 16.6 Å². The third-order valence-electron chi connectivity index (χ3n) is 3.43. The Bertz CT molecular complexity index is 714. The summed E-state index contributed by atoms with van der Waals surface area (Å²) < 4.78 is 3.97. The summed E-state index contributed by atoms with van der Waals surface area (Å²) >= 11 is 0. The smallest absolute Gasteiger partial charge is 0.0930 e. The first-order chi connectivity index (χ1) is 8.59. The van der Waals surface area contributed by atoms with Crippen molar-refractivity contribution in [2.45, 2.75) is 6.92 Å². The molecule has 0 aliphatic heterocycles. The minimum absolute atomic E-state index is 0.714. The van der Waals surface area contributed by atoms with Gasteiger partial charge >= 0.3 is 0 Å². The second-order valence-corrected chi connectivity index (χ2v) is 4.70. The fourth-order valence-corrected chi connectivity index (χ4v) is 2.65. The average Bonchev–Trinajstić information content (AvgIpc) is 2.82. The van der Waals surface area contributed by atoms with Gasteiger partial charge in [-0.15, -0.1) is 0 Å². The zero-order valence-corrected chi connectivity index (χ0v) is 10.8. The molecular weight excluding hydrogens is 224 g/mol. The van der Waals surface area contributed by atoms with Crippen molar-refractivity contribution < 1.29 is 0 Å². The summed E-state index contributed by atoms with van der Waals surface area (Å²) in [5.41, 5.74) is 11.4. The summed E-state index contributed by atoms with van der Waals surface area (Å²) in [4.78, 5) is 0. The minimum atomic E-state index is 0.714. The Morgan fingerprint density at radius 2 is 2.00 bits per heavy atom. The maximum absolute atomic E-state index is 6.02. The van der Waals surface area contributed by atoms with Crippen LogP contribution < -0.4 is 5.73 Å². The van der Waals surface area contributed by atoms with Gasteiger partial charge in [0.15, 0.2) is 0 Å². The monoisotopic (exact) mass is 240 g/mol. The van der Waals surface area contributed by atoms with E-state index in [-0.39, 0.29) is 0 Å². The van der Waals surface area contributed by atoms with Crippen LogP contribution in [0.3, 0.4) is 0 Å². The van der Waals surface area contributed by atoms with Crippen molar-refractivity contribution in [1.29, 1.82) is 0 Å². The zero-order chi connectivity index (χ0) is 12.9. The Balaban J connectivity index is 2.41. The molecule has 0 amide bonds. The Morgan fingerprint density at radius 1 is 1.22 bits per heavy atom. The third kappa shape index (κ3) is 1.35. The molecule has 0 radical (unpaired) electrons. The van der Waals surface area contributed by atoms with Crippen LogP contribution in [0.15, 0.2) is 30.6 Å². The van der Waals surface area contributed by atoms with Crippen molar-refractivity contribution in [1.82, 2.24) is 14.3 Å². The lowest BCUT2D eigenvalue weighted by atomic mass is 10.1. The van der Waals surface area contributed by atoms with Crippen LogP contribution in [-0.2, 0) is 14.1 Å². The molecule has 0 fully saturated rings. The Morgan fingerprint density at radius 3 is 2.67 bits per heavy atom. The number of para-hydroxylation sites is 1. The first-order valence-electron chi connectivity index (χ1n) is 5.92. The molecule has 4 nitrogen and oxygen atoms in total. The van der Waals surface area contributed by atoms with Gasteiger partial charge in [-0.3, -0.25) is 4.68 Å². The molecule has 2 N–H and O–H groups in total. The van der Waals surface area contributed by atoms with E-state index in [1.807, 2.05) is 11.7 Å². The number of anilines is 1. The van der Waals surface area contributed by atoms with Crippen molar-refractivity contribution in [3.05, 3.63) is 36.2 Å². The van der Waals surface area contributed by atoms with Crippen molar-refractivity contribution in [3.63, 3.8) is 0 Å². The van der Waals surface area contributed by atoms with E-state index >= 15 is 0 Å². The first kappa shape index (κ1) is 10.9. The number of benzene rings is 1. The quantitative estimate of drug-likeness (QED) is 0.710. The molecule has 4 heteroatoms. The summed E-state index contributed by atoms with van der Waals surface area (Å²) in [6.45, 7) is 2.12. The highest BCUT2D eigenvalue weighted by Gasteiger charge is 2.15. The maximum atomic E-state index is 6.02. The van der Waals surface area contributed by atoms with E-state index in [4.69, 9.17) is 5.73 Å². The summed E-state index contributed by atoms with van der Waals surface area (Å²) in [7, 11) is 3.98. The Hall–Kier alpha value is -2.23. The van der Waals surface area contributed by atoms with Gasteiger partial charge in [0.2, 0.25) is 0 Å². The molecule has 0 unspecified atom stereocenters. The predicted molar refractivity (Wildman–Crippen MR) is 74.3 cm³/mol. The summed E-state index contributed by atoms with van der Waals surface area (Å²) in [5, 5.41) is 5.43. The predicted octanol–water partition coefficient (Wildman–Crippen LogP) is 2.47. The fourth-order valence-electron chi connectivity index (χ4n) is 2.65. The third-order valence-corrected chi connectivity index (χ3v) is 3.43. The Labute approximate surface area is 106 Å². The Kier molecular flexibility index (Phi) is 2.20. The molecule has 2 heterocycles. The maximum Gasteiger partial charge on any atom is 0.0930 e. The van der Waals surface area contributed by atoms with E-state index in [0.29, 0.717) is 5.69 Å². The molecule has 92 valence electrons. The van der Waals surface area contributed by atoms with Gasteiger partial charge in [0.05, 0.1) is 23.1 Å². The summed E-state index contributed by atoms with van der Waals surface area (Å²) in [5.74, 6) is 0. The molecule has 0 saturated heterocycles.